The van der Waals surface area contributed by atoms with E-state index in [0.29, 0.717) is 22.5 Å². The maximum absolute atomic E-state index is 12.8. The molecule has 0 radical (unpaired) electrons. The van der Waals surface area contributed by atoms with Crippen molar-refractivity contribution in [3.63, 3.8) is 0 Å². The number of thioether (sulfide) groups is 1. The van der Waals surface area contributed by atoms with E-state index < -0.39 is 5.91 Å². The molecule has 6 heteroatoms. The van der Waals surface area contributed by atoms with Gasteiger partial charge in [0.25, 0.3) is 5.56 Å². The van der Waals surface area contributed by atoms with E-state index in [1.54, 1.807) is 23.9 Å². The highest BCUT2D eigenvalue weighted by Gasteiger charge is 2.15. The lowest BCUT2D eigenvalue weighted by atomic mass is 10.0. The quantitative estimate of drug-likeness (QED) is 0.687. The molecule has 5 nitrogen and oxygen atoms in total. The third-order valence-corrected chi connectivity index (χ3v) is 6.20. The first-order chi connectivity index (χ1) is 12.8. The van der Waals surface area contributed by atoms with E-state index >= 15 is 0 Å². The zero-order valence-electron chi connectivity index (χ0n) is 16.0. The smallest absolute Gasteiger partial charge is 0.261 e. The van der Waals surface area contributed by atoms with E-state index in [1.165, 1.54) is 31.7 Å². The summed E-state index contributed by atoms with van der Waals surface area (Å²) in [5, 5.41) is 0.492. The first-order valence-corrected chi connectivity index (χ1v) is 9.75. The highest BCUT2D eigenvalue weighted by Crippen LogP contribution is 2.32. The summed E-state index contributed by atoms with van der Waals surface area (Å²) >= 11 is 1.64. The van der Waals surface area contributed by atoms with Crippen molar-refractivity contribution in [2.75, 3.05) is 0 Å². The normalized spacial score (nSPS) is 11.1. The van der Waals surface area contributed by atoms with E-state index in [0.717, 1.165) is 0 Å². The monoisotopic (exact) mass is 381 g/mol. The summed E-state index contributed by atoms with van der Waals surface area (Å²) in [4.78, 5) is 30.2. The molecule has 2 N–H and O–H groups in total. The molecule has 0 saturated heterocycles. The Kier molecular flexibility index (Phi) is 5.37. The van der Waals surface area contributed by atoms with Crippen molar-refractivity contribution in [2.45, 2.75) is 44.9 Å². The summed E-state index contributed by atoms with van der Waals surface area (Å²) in [5.74, 6) is 0.484. The molecule has 0 atom stereocenters. The second-order valence-corrected chi connectivity index (χ2v) is 7.77. The molecule has 3 rings (SSSR count). The number of fused-ring (bicyclic) bond motifs is 1. The molecule has 0 aliphatic heterocycles. The van der Waals surface area contributed by atoms with Crippen LogP contribution in [0.2, 0.25) is 0 Å². The molecule has 0 aliphatic carbocycles. The van der Waals surface area contributed by atoms with Crippen molar-refractivity contribution in [1.82, 2.24) is 9.55 Å². The van der Waals surface area contributed by atoms with Gasteiger partial charge in [-0.3, -0.25) is 14.2 Å². The number of carbonyl (C=O) groups is 1. The predicted molar refractivity (Wildman–Crippen MR) is 110 cm³/mol. The van der Waals surface area contributed by atoms with Gasteiger partial charge in [-0.1, -0.05) is 18.2 Å². The largest absolute Gasteiger partial charge is 0.368 e. The van der Waals surface area contributed by atoms with Crippen LogP contribution in [-0.2, 0) is 17.1 Å². The van der Waals surface area contributed by atoms with Gasteiger partial charge < -0.3 is 5.73 Å². The fraction of sp³-hybridized carbons (Fsp3) is 0.286. The Bertz CT molecular complexity index is 1080. The molecular formula is C21H23N3O2S. The van der Waals surface area contributed by atoms with Crippen LogP contribution in [-0.4, -0.2) is 15.5 Å². The van der Waals surface area contributed by atoms with Gasteiger partial charge in [0.15, 0.2) is 0 Å². The van der Waals surface area contributed by atoms with Crippen LogP contribution in [0.1, 0.15) is 28.1 Å². The van der Waals surface area contributed by atoms with Crippen LogP contribution in [0.15, 0.2) is 40.0 Å². The summed E-state index contributed by atoms with van der Waals surface area (Å²) in [7, 11) is 0. The number of nitrogens with zero attached hydrogens (tertiary/aromatic N) is 2. The molecule has 0 unspecified atom stereocenters. The topological polar surface area (TPSA) is 78.0 Å². The fourth-order valence-electron chi connectivity index (χ4n) is 3.18. The summed E-state index contributed by atoms with van der Waals surface area (Å²) in [6, 6.07) is 9.36. The molecule has 0 spiro atoms. The number of para-hydroxylation sites is 1. The summed E-state index contributed by atoms with van der Waals surface area (Å²) in [6.07, 6.45) is 0. The van der Waals surface area contributed by atoms with Gasteiger partial charge in [0.1, 0.15) is 12.4 Å². The van der Waals surface area contributed by atoms with E-state index in [4.69, 9.17) is 5.73 Å². The SMILES string of the molecule is Cc1cc(C)c(C)c(SCc2nc3ccccc3c(=O)n2CC(N)=O)c1C. The van der Waals surface area contributed by atoms with Crippen LogP contribution in [0.3, 0.4) is 0 Å². The molecule has 0 bridgehead atoms. The lowest BCUT2D eigenvalue weighted by Gasteiger charge is -2.16. The Morgan fingerprint density at radius 2 is 1.74 bits per heavy atom. The molecule has 1 amide bonds. The van der Waals surface area contributed by atoms with Crippen molar-refractivity contribution in [3.05, 3.63) is 68.8 Å². The number of benzene rings is 2. The Hall–Kier alpha value is -2.60. The van der Waals surface area contributed by atoms with Gasteiger partial charge in [0.05, 0.1) is 16.7 Å². The number of nitrogens with two attached hydrogens (primary N) is 1. The maximum atomic E-state index is 12.8. The van der Waals surface area contributed by atoms with Gasteiger partial charge in [-0.2, -0.15) is 0 Å². The fourth-order valence-corrected chi connectivity index (χ4v) is 4.43. The standard InChI is InChI=1S/C21H23N3O2S/c1-12-9-13(2)15(4)20(14(12)3)27-11-19-23-17-8-6-5-7-16(17)21(26)24(19)10-18(22)25/h5-9H,10-11H2,1-4H3,(H2,22,25). The van der Waals surface area contributed by atoms with Crippen molar-refractivity contribution in [3.8, 4) is 0 Å². The van der Waals surface area contributed by atoms with Gasteiger partial charge in [-0.15, -0.1) is 11.8 Å². The van der Waals surface area contributed by atoms with Crippen LogP contribution >= 0.6 is 11.8 Å². The predicted octanol–water partition coefficient (Wildman–Crippen LogP) is 3.41. The number of carbonyl (C=O) groups excluding carboxylic acids is 1. The highest BCUT2D eigenvalue weighted by molar-refractivity contribution is 7.98. The van der Waals surface area contributed by atoms with Crippen molar-refractivity contribution in [1.29, 1.82) is 0 Å². The van der Waals surface area contributed by atoms with Gasteiger partial charge >= 0.3 is 0 Å². The number of aryl methyl sites for hydroxylation is 2. The Morgan fingerprint density at radius 1 is 1.11 bits per heavy atom. The number of aromatic nitrogens is 2. The van der Waals surface area contributed by atoms with Crippen molar-refractivity contribution >= 4 is 28.6 Å². The summed E-state index contributed by atoms with van der Waals surface area (Å²) < 4.78 is 1.39. The molecular weight excluding hydrogens is 358 g/mol. The average Bonchev–Trinajstić information content (AvgIpc) is 2.62. The second kappa shape index (κ2) is 7.56. The molecule has 0 aliphatic rings. The van der Waals surface area contributed by atoms with E-state index in [9.17, 15) is 9.59 Å². The first kappa shape index (κ1) is 19.2. The Morgan fingerprint density at radius 3 is 2.37 bits per heavy atom. The summed E-state index contributed by atoms with van der Waals surface area (Å²) in [6.45, 7) is 8.24. The number of primary amides is 1. The van der Waals surface area contributed by atoms with Gasteiger partial charge in [-0.05, 0) is 62.1 Å². The lowest BCUT2D eigenvalue weighted by Crippen LogP contribution is -2.31. The van der Waals surface area contributed by atoms with Crippen LogP contribution in [0, 0.1) is 27.7 Å². The lowest BCUT2D eigenvalue weighted by molar-refractivity contribution is -0.118. The van der Waals surface area contributed by atoms with Crippen LogP contribution in [0.25, 0.3) is 10.9 Å². The molecule has 0 fully saturated rings. The van der Waals surface area contributed by atoms with Gasteiger partial charge in [0.2, 0.25) is 5.91 Å². The third kappa shape index (κ3) is 3.76. The van der Waals surface area contributed by atoms with Crippen molar-refractivity contribution in [2.24, 2.45) is 5.73 Å². The number of hydrogen-bond acceptors (Lipinski definition) is 4. The second-order valence-electron chi connectivity index (χ2n) is 6.78. The minimum Gasteiger partial charge on any atom is -0.368 e. The van der Waals surface area contributed by atoms with E-state index in [1.807, 2.05) is 12.1 Å². The molecule has 27 heavy (non-hydrogen) atoms. The molecule has 2 aromatic carbocycles. The molecule has 0 saturated carbocycles. The van der Waals surface area contributed by atoms with Crippen LogP contribution in [0.4, 0.5) is 0 Å². The molecule has 1 aromatic heterocycles. The number of amides is 1. The minimum atomic E-state index is -0.556. The van der Waals surface area contributed by atoms with Gasteiger partial charge in [-0.25, -0.2) is 4.98 Å². The van der Waals surface area contributed by atoms with Crippen LogP contribution in [0.5, 0.6) is 0 Å². The Labute approximate surface area is 162 Å². The van der Waals surface area contributed by atoms with E-state index in [-0.39, 0.29) is 12.1 Å². The van der Waals surface area contributed by atoms with E-state index in [2.05, 4.69) is 38.7 Å². The zero-order valence-corrected chi connectivity index (χ0v) is 16.8. The number of hydrogen-bond donors (Lipinski definition) is 1. The average molecular weight is 382 g/mol. The van der Waals surface area contributed by atoms with Crippen molar-refractivity contribution < 1.29 is 4.79 Å². The third-order valence-electron chi connectivity index (χ3n) is 4.90. The minimum absolute atomic E-state index is 0.169. The number of rotatable bonds is 5. The maximum Gasteiger partial charge on any atom is 0.261 e. The zero-order chi connectivity index (χ0) is 19.7. The molecule has 1 heterocycles. The summed E-state index contributed by atoms with van der Waals surface area (Å²) in [5.41, 5.74) is 10.7. The Balaban J connectivity index is 2.07. The highest BCUT2D eigenvalue weighted by atomic mass is 32.2. The first-order valence-electron chi connectivity index (χ1n) is 8.76. The molecule has 140 valence electrons. The van der Waals surface area contributed by atoms with Gasteiger partial charge in [0, 0.05) is 4.90 Å². The molecule has 3 aromatic rings. The van der Waals surface area contributed by atoms with Crippen LogP contribution < -0.4 is 11.3 Å².